The van der Waals surface area contributed by atoms with Gasteiger partial charge in [-0.3, -0.25) is 0 Å². The monoisotopic (exact) mass is 232 g/mol. The first-order valence-electron chi connectivity index (χ1n) is 3.36. The maximum atomic E-state index is 9.38. The molecule has 0 bridgehead atoms. The third-order valence-electron chi connectivity index (χ3n) is 1.55. The van der Waals surface area contributed by atoms with Crippen LogP contribution >= 0.6 is 15.9 Å². The van der Waals surface area contributed by atoms with Gasteiger partial charge in [-0.2, -0.15) is 0 Å². The predicted octanol–water partition coefficient (Wildman–Crippen LogP) is 2.53. The number of rotatable bonds is 1. The summed E-state index contributed by atoms with van der Waals surface area (Å²) in [4.78, 5) is 0. The SMILES string of the molecule is COC1=CC(=CO)CC(Br)=C1O. The molecule has 66 valence electrons. The van der Waals surface area contributed by atoms with Crippen LogP contribution in [0.15, 0.2) is 33.9 Å². The third kappa shape index (κ3) is 1.64. The van der Waals surface area contributed by atoms with Crippen LogP contribution in [-0.4, -0.2) is 17.3 Å². The Hall–Kier alpha value is -0.900. The highest BCUT2D eigenvalue weighted by molar-refractivity contribution is 9.11. The van der Waals surface area contributed by atoms with Gasteiger partial charge in [-0.15, -0.1) is 0 Å². The molecule has 3 nitrogen and oxygen atoms in total. The average Bonchev–Trinajstić information content (AvgIpc) is 2.09. The molecule has 12 heavy (non-hydrogen) atoms. The van der Waals surface area contributed by atoms with Gasteiger partial charge in [-0.05, 0) is 11.6 Å². The first-order valence-corrected chi connectivity index (χ1v) is 4.15. The maximum Gasteiger partial charge on any atom is 0.168 e. The Morgan fingerprint density at radius 3 is 2.83 bits per heavy atom. The van der Waals surface area contributed by atoms with Crippen molar-refractivity contribution in [1.29, 1.82) is 0 Å². The van der Waals surface area contributed by atoms with Crippen LogP contribution in [0.25, 0.3) is 0 Å². The molecule has 1 aliphatic carbocycles. The zero-order chi connectivity index (χ0) is 9.14. The van der Waals surface area contributed by atoms with E-state index >= 15 is 0 Å². The molecule has 0 aromatic carbocycles. The van der Waals surface area contributed by atoms with Crippen LogP contribution in [0.3, 0.4) is 0 Å². The van der Waals surface area contributed by atoms with Crippen LogP contribution in [0.2, 0.25) is 0 Å². The largest absolute Gasteiger partial charge is 0.515 e. The smallest absolute Gasteiger partial charge is 0.168 e. The van der Waals surface area contributed by atoms with Crippen molar-refractivity contribution in [2.75, 3.05) is 7.11 Å². The Morgan fingerprint density at radius 1 is 1.67 bits per heavy atom. The summed E-state index contributed by atoms with van der Waals surface area (Å²) >= 11 is 3.17. The molecule has 0 aromatic heterocycles. The molecule has 0 atom stereocenters. The number of methoxy groups -OCH3 is 1. The number of hydrogen-bond donors (Lipinski definition) is 2. The molecule has 0 spiro atoms. The van der Waals surface area contributed by atoms with Gasteiger partial charge in [0.05, 0.1) is 13.4 Å². The fraction of sp³-hybridized carbons (Fsp3) is 0.250. The molecule has 0 saturated carbocycles. The first kappa shape index (κ1) is 9.19. The fourth-order valence-electron chi connectivity index (χ4n) is 0.923. The van der Waals surface area contributed by atoms with Gasteiger partial charge >= 0.3 is 0 Å². The van der Waals surface area contributed by atoms with Gasteiger partial charge in [0, 0.05) is 10.9 Å². The summed E-state index contributed by atoms with van der Waals surface area (Å²) in [5, 5.41) is 18.1. The van der Waals surface area contributed by atoms with Crippen molar-refractivity contribution in [3.05, 3.63) is 33.9 Å². The van der Waals surface area contributed by atoms with Crippen molar-refractivity contribution in [1.82, 2.24) is 0 Å². The molecular weight excluding hydrogens is 224 g/mol. The van der Waals surface area contributed by atoms with E-state index in [1.165, 1.54) is 7.11 Å². The Balaban J connectivity index is 3.01. The Bertz CT molecular complexity index is 276. The minimum absolute atomic E-state index is 0.0862. The highest BCUT2D eigenvalue weighted by atomic mass is 79.9. The normalized spacial score (nSPS) is 21.2. The summed E-state index contributed by atoms with van der Waals surface area (Å²) in [7, 11) is 1.46. The van der Waals surface area contributed by atoms with E-state index in [4.69, 9.17) is 9.84 Å². The van der Waals surface area contributed by atoms with Crippen molar-refractivity contribution < 1.29 is 14.9 Å². The van der Waals surface area contributed by atoms with E-state index in [2.05, 4.69) is 15.9 Å². The van der Waals surface area contributed by atoms with Gasteiger partial charge in [0.15, 0.2) is 11.5 Å². The molecule has 4 heteroatoms. The van der Waals surface area contributed by atoms with Crippen LogP contribution in [0.5, 0.6) is 0 Å². The summed E-state index contributed by atoms with van der Waals surface area (Å²) < 4.78 is 5.49. The molecule has 0 radical (unpaired) electrons. The number of allylic oxidation sites excluding steroid dienone is 3. The molecule has 0 aromatic rings. The van der Waals surface area contributed by atoms with Gasteiger partial charge in [-0.25, -0.2) is 0 Å². The van der Waals surface area contributed by atoms with Crippen LogP contribution in [0, 0.1) is 0 Å². The van der Waals surface area contributed by atoms with E-state index in [9.17, 15) is 5.11 Å². The predicted molar refractivity (Wildman–Crippen MR) is 49.0 cm³/mol. The number of ether oxygens (including phenoxy) is 1. The molecule has 0 amide bonds. The van der Waals surface area contributed by atoms with E-state index in [1.54, 1.807) is 6.08 Å². The molecule has 0 heterocycles. The molecule has 1 rings (SSSR count). The van der Waals surface area contributed by atoms with Crippen LogP contribution < -0.4 is 0 Å². The highest BCUT2D eigenvalue weighted by Gasteiger charge is 2.16. The lowest BCUT2D eigenvalue weighted by atomic mass is 10.1. The van der Waals surface area contributed by atoms with Gasteiger partial charge in [0.25, 0.3) is 0 Å². The lowest BCUT2D eigenvalue weighted by Gasteiger charge is -2.13. The zero-order valence-corrected chi connectivity index (χ0v) is 8.13. The van der Waals surface area contributed by atoms with Crippen molar-refractivity contribution in [2.24, 2.45) is 0 Å². The quantitative estimate of drug-likeness (QED) is 0.684. The number of aliphatic hydroxyl groups excluding tert-OH is 2. The lowest BCUT2D eigenvalue weighted by Crippen LogP contribution is -2.01. The summed E-state index contributed by atoms with van der Waals surface area (Å²) in [6, 6.07) is 0. The molecule has 2 N–H and O–H groups in total. The topological polar surface area (TPSA) is 49.7 Å². The van der Waals surface area contributed by atoms with Crippen molar-refractivity contribution in [3.63, 3.8) is 0 Å². The van der Waals surface area contributed by atoms with Gasteiger partial charge < -0.3 is 14.9 Å². The summed E-state index contributed by atoms with van der Waals surface area (Å²) in [6.07, 6.45) is 3.06. The van der Waals surface area contributed by atoms with Crippen molar-refractivity contribution in [3.8, 4) is 0 Å². The van der Waals surface area contributed by atoms with Crippen LogP contribution in [0.4, 0.5) is 0 Å². The van der Waals surface area contributed by atoms with Gasteiger partial charge in [-0.1, -0.05) is 15.9 Å². The van der Waals surface area contributed by atoms with E-state index in [-0.39, 0.29) is 5.76 Å². The minimum atomic E-state index is 0.0862. The van der Waals surface area contributed by atoms with E-state index < -0.39 is 0 Å². The lowest BCUT2D eigenvalue weighted by molar-refractivity contribution is 0.253. The first-order chi connectivity index (χ1) is 5.69. The summed E-state index contributed by atoms with van der Waals surface area (Å²) in [5.41, 5.74) is 0.691. The fourth-order valence-corrected chi connectivity index (χ4v) is 1.44. The molecule has 1 aliphatic rings. The minimum Gasteiger partial charge on any atom is -0.515 e. The summed E-state index contributed by atoms with van der Waals surface area (Å²) in [5.74, 6) is 0.441. The average molecular weight is 233 g/mol. The number of aliphatic hydroxyl groups is 2. The number of halogens is 1. The zero-order valence-electron chi connectivity index (χ0n) is 6.54. The standard InChI is InChI=1S/C8H9BrO3/c1-12-7-3-5(4-10)2-6(9)8(7)11/h3-4,10-11H,2H2,1H3. The second kappa shape index (κ2) is 3.67. The highest BCUT2D eigenvalue weighted by Crippen LogP contribution is 2.30. The van der Waals surface area contributed by atoms with Gasteiger partial charge in [0.1, 0.15) is 0 Å². The molecule has 0 saturated heterocycles. The molecule has 0 unspecified atom stereocenters. The number of hydrogen-bond acceptors (Lipinski definition) is 3. The van der Waals surface area contributed by atoms with E-state index in [0.717, 1.165) is 6.26 Å². The molecule has 0 aliphatic heterocycles. The van der Waals surface area contributed by atoms with Crippen LogP contribution in [-0.2, 0) is 4.74 Å². The second-order valence-corrected chi connectivity index (χ2v) is 3.30. The Labute approximate surface area is 78.8 Å². The van der Waals surface area contributed by atoms with E-state index in [1.807, 2.05) is 0 Å². The van der Waals surface area contributed by atoms with Crippen molar-refractivity contribution >= 4 is 15.9 Å². The van der Waals surface area contributed by atoms with Crippen LogP contribution in [0.1, 0.15) is 6.42 Å². The molecular formula is C8H9BrO3. The Morgan fingerprint density at radius 2 is 2.33 bits per heavy atom. The van der Waals surface area contributed by atoms with E-state index in [0.29, 0.717) is 22.2 Å². The maximum absolute atomic E-state index is 9.38. The second-order valence-electron chi connectivity index (χ2n) is 2.35. The summed E-state index contributed by atoms with van der Waals surface area (Å²) in [6.45, 7) is 0. The third-order valence-corrected chi connectivity index (χ3v) is 2.21. The van der Waals surface area contributed by atoms with Crippen molar-refractivity contribution in [2.45, 2.75) is 6.42 Å². The Kier molecular flexibility index (Phi) is 2.81. The van der Waals surface area contributed by atoms with Gasteiger partial charge in [0.2, 0.25) is 0 Å². The molecule has 0 fully saturated rings.